The smallest absolute Gasteiger partial charge is 0.207 e. The minimum atomic E-state index is -0.426. The highest BCUT2D eigenvalue weighted by Crippen LogP contribution is 2.29. The number of hydrogen-bond acceptors (Lipinski definition) is 7. The number of aliphatic hydroxyl groups excluding tert-OH is 1. The van der Waals surface area contributed by atoms with Crippen molar-refractivity contribution >= 4 is 11.6 Å². The maximum Gasteiger partial charge on any atom is 0.207 e. The van der Waals surface area contributed by atoms with Gasteiger partial charge >= 0.3 is 0 Å². The summed E-state index contributed by atoms with van der Waals surface area (Å²) in [7, 11) is 0. The second kappa shape index (κ2) is 9.33. The van der Waals surface area contributed by atoms with Crippen molar-refractivity contribution in [3.63, 3.8) is 0 Å². The molecule has 3 rings (SSSR count). The maximum atomic E-state index is 15.1. The number of aromatic nitrogens is 2. The molecule has 8 heteroatoms. The van der Waals surface area contributed by atoms with Gasteiger partial charge < -0.3 is 25.4 Å². The predicted octanol–water partition coefficient (Wildman–Crippen LogP) is 2.03. The van der Waals surface area contributed by atoms with Crippen LogP contribution in [0.2, 0.25) is 0 Å². The highest BCUT2D eigenvalue weighted by Gasteiger charge is 2.29. The Hall–Kier alpha value is -1.51. The average molecular weight is 396 g/mol. The van der Waals surface area contributed by atoms with Gasteiger partial charge in [0.1, 0.15) is 6.33 Å². The van der Waals surface area contributed by atoms with Crippen LogP contribution in [0.1, 0.15) is 40.0 Å². The summed E-state index contributed by atoms with van der Waals surface area (Å²) in [4.78, 5) is 10.3. The third-order valence-electron chi connectivity index (χ3n) is 5.92. The second-order valence-electron chi connectivity index (χ2n) is 8.58. The number of rotatable bonds is 7. The van der Waals surface area contributed by atoms with E-state index in [1.54, 1.807) is 0 Å². The van der Waals surface area contributed by atoms with Crippen molar-refractivity contribution < 1.29 is 14.2 Å². The fourth-order valence-electron chi connectivity index (χ4n) is 3.94. The molecule has 0 saturated carbocycles. The number of nitrogens with zero attached hydrogens (tertiary/aromatic N) is 3. The summed E-state index contributed by atoms with van der Waals surface area (Å²) in [5, 5.41) is 16.3. The Labute approximate surface area is 167 Å². The number of aliphatic hydroxyl groups is 1. The fourth-order valence-corrected chi connectivity index (χ4v) is 3.94. The molecule has 0 spiro atoms. The predicted molar refractivity (Wildman–Crippen MR) is 108 cm³/mol. The summed E-state index contributed by atoms with van der Waals surface area (Å²) in [5.41, 5.74) is -0.0655. The van der Waals surface area contributed by atoms with E-state index in [0.717, 1.165) is 25.8 Å². The third kappa shape index (κ3) is 5.30. The van der Waals surface area contributed by atoms with Crippen molar-refractivity contribution in [3.8, 4) is 0 Å². The van der Waals surface area contributed by atoms with Gasteiger partial charge in [0.25, 0.3) is 0 Å². The molecule has 0 aromatic carbocycles. The first kappa shape index (κ1) is 21.2. The van der Waals surface area contributed by atoms with Crippen LogP contribution in [0.25, 0.3) is 0 Å². The summed E-state index contributed by atoms with van der Waals surface area (Å²) in [6.07, 6.45) is 3.91. The first-order valence-electron chi connectivity index (χ1n) is 10.4. The van der Waals surface area contributed by atoms with E-state index in [1.807, 2.05) is 11.8 Å². The van der Waals surface area contributed by atoms with Crippen molar-refractivity contribution in [1.29, 1.82) is 0 Å². The normalized spacial score (nSPS) is 27.4. The van der Waals surface area contributed by atoms with E-state index in [2.05, 4.69) is 34.4 Å². The number of piperidine rings is 1. The van der Waals surface area contributed by atoms with E-state index in [1.165, 1.54) is 6.33 Å². The van der Waals surface area contributed by atoms with Crippen molar-refractivity contribution in [2.45, 2.75) is 51.7 Å². The van der Waals surface area contributed by atoms with Gasteiger partial charge in [-0.15, -0.1) is 0 Å². The first-order valence-corrected chi connectivity index (χ1v) is 10.4. The Morgan fingerprint density at radius 1 is 1.39 bits per heavy atom. The van der Waals surface area contributed by atoms with Gasteiger partial charge in [0, 0.05) is 32.1 Å². The molecule has 2 aliphatic rings. The lowest BCUT2D eigenvalue weighted by atomic mass is 9.91. The van der Waals surface area contributed by atoms with E-state index in [9.17, 15) is 5.11 Å². The molecule has 1 aromatic heterocycles. The van der Waals surface area contributed by atoms with Gasteiger partial charge in [0.2, 0.25) is 5.82 Å². The second-order valence-corrected chi connectivity index (χ2v) is 8.58. The van der Waals surface area contributed by atoms with Crippen LogP contribution in [-0.2, 0) is 4.74 Å². The van der Waals surface area contributed by atoms with Crippen LogP contribution in [0, 0.1) is 17.7 Å². The molecular weight excluding hydrogens is 361 g/mol. The van der Waals surface area contributed by atoms with E-state index in [-0.39, 0.29) is 17.3 Å². The molecule has 0 aliphatic carbocycles. The maximum absolute atomic E-state index is 15.1. The Morgan fingerprint density at radius 2 is 2.21 bits per heavy atom. The zero-order valence-electron chi connectivity index (χ0n) is 17.2. The van der Waals surface area contributed by atoms with Crippen molar-refractivity contribution in [3.05, 3.63) is 12.1 Å². The molecule has 3 heterocycles. The minimum Gasteiger partial charge on any atom is -0.391 e. The number of anilines is 2. The zero-order valence-corrected chi connectivity index (χ0v) is 17.2. The Balaban J connectivity index is 1.63. The molecule has 0 bridgehead atoms. The van der Waals surface area contributed by atoms with Crippen molar-refractivity contribution in [2.75, 3.05) is 49.5 Å². The topological polar surface area (TPSA) is 82.5 Å². The summed E-state index contributed by atoms with van der Waals surface area (Å²) >= 11 is 0. The highest BCUT2D eigenvalue weighted by atomic mass is 19.1. The number of β-amino-alcohol motifs (C(OH)–C–C–N with tert-alkyl or cyclic N) is 1. The van der Waals surface area contributed by atoms with Crippen LogP contribution in [0.5, 0.6) is 0 Å². The van der Waals surface area contributed by atoms with Gasteiger partial charge in [-0.25, -0.2) is 9.97 Å². The average Bonchev–Trinajstić information content (AvgIpc) is 2.68. The third-order valence-corrected chi connectivity index (χ3v) is 5.92. The highest BCUT2D eigenvalue weighted by molar-refractivity contribution is 5.50. The van der Waals surface area contributed by atoms with Gasteiger partial charge in [-0.2, -0.15) is 4.39 Å². The molecule has 0 unspecified atom stereocenters. The van der Waals surface area contributed by atoms with Crippen LogP contribution < -0.4 is 15.5 Å². The minimum absolute atomic E-state index is 0.0655. The molecule has 3 atom stereocenters. The lowest BCUT2D eigenvalue weighted by Gasteiger charge is -2.37. The van der Waals surface area contributed by atoms with Gasteiger partial charge in [-0.05, 0) is 52.5 Å². The van der Waals surface area contributed by atoms with E-state index in [0.29, 0.717) is 44.5 Å². The standard InChI is InChI=1S/C20H34FN5O2/c1-4-26(11-14-5-7-20(2,3)28-12-14)19-17(21)18(24-13-25-19)23-9-15-6-8-22-10-16(15)27/h13-16,22,27H,4-12H2,1-3H3,(H,23,24,25)/t14-,15+,16-/m0/s1. The Bertz CT molecular complexity index is 635. The number of halogens is 1. The van der Waals surface area contributed by atoms with Crippen LogP contribution in [0.4, 0.5) is 16.0 Å². The largest absolute Gasteiger partial charge is 0.391 e. The van der Waals surface area contributed by atoms with Crippen molar-refractivity contribution in [2.24, 2.45) is 11.8 Å². The molecule has 2 saturated heterocycles. The van der Waals surface area contributed by atoms with Gasteiger partial charge in [-0.3, -0.25) is 0 Å². The Kier molecular flexibility index (Phi) is 7.06. The molecule has 158 valence electrons. The summed E-state index contributed by atoms with van der Waals surface area (Å²) < 4.78 is 21.0. The van der Waals surface area contributed by atoms with E-state index in [4.69, 9.17) is 4.74 Å². The molecule has 1 aromatic rings. The van der Waals surface area contributed by atoms with Crippen LogP contribution in [0.3, 0.4) is 0 Å². The summed E-state index contributed by atoms with van der Waals surface area (Å²) in [5.74, 6) is 0.559. The Morgan fingerprint density at radius 3 is 2.89 bits per heavy atom. The molecule has 2 aliphatic heterocycles. The quantitative estimate of drug-likeness (QED) is 0.652. The zero-order chi connectivity index (χ0) is 20.1. The van der Waals surface area contributed by atoms with Crippen LogP contribution >= 0.6 is 0 Å². The fraction of sp³-hybridized carbons (Fsp3) is 0.800. The van der Waals surface area contributed by atoms with Gasteiger partial charge in [-0.1, -0.05) is 0 Å². The first-order chi connectivity index (χ1) is 13.4. The number of nitrogens with one attached hydrogen (secondary N) is 2. The molecule has 28 heavy (non-hydrogen) atoms. The molecule has 0 amide bonds. The summed E-state index contributed by atoms with van der Waals surface area (Å²) in [6, 6.07) is 0. The van der Waals surface area contributed by atoms with E-state index < -0.39 is 11.9 Å². The van der Waals surface area contributed by atoms with E-state index >= 15 is 4.39 Å². The number of hydrogen-bond donors (Lipinski definition) is 3. The molecule has 0 radical (unpaired) electrons. The number of ether oxygens (including phenoxy) is 1. The molecule has 2 fully saturated rings. The SMILES string of the molecule is CCN(C[C@@H]1CCC(C)(C)OC1)c1ncnc(NC[C@H]2CCNC[C@@H]2O)c1F. The van der Waals surface area contributed by atoms with Crippen LogP contribution in [-0.4, -0.2) is 66.1 Å². The van der Waals surface area contributed by atoms with Crippen LogP contribution in [0.15, 0.2) is 6.33 Å². The lowest BCUT2D eigenvalue weighted by molar-refractivity contribution is -0.0747. The van der Waals surface area contributed by atoms with Gasteiger partial charge in [0.05, 0.1) is 18.3 Å². The lowest BCUT2D eigenvalue weighted by Crippen LogP contribution is -2.43. The monoisotopic (exact) mass is 395 g/mol. The van der Waals surface area contributed by atoms with Gasteiger partial charge in [0.15, 0.2) is 11.6 Å². The summed E-state index contributed by atoms with van der Waals surface area (Å²) in [6.45, 7) is 10.2. The molecular formula is C20H34FN5O2. The molecule has 3 N–H and O–H groups in total. The molecule has 7 nitrogen and oxygen atoms in total. The van der Waals surface area contributed by atoms with Crippen molar-refractivity contribution in [1.82, 2.24) is 15.3 Å².